The van der Waals surface area contributed by atoms with Crippen molar-refractivity contribution < 1.29 is 4.79 Å². The summed E-state index contributed by atoms with van der Waals surface area (Å²) in [7, 11) is 1.75. The van der Waals surface area contributed by atoms with E-state index in [2.05, 4.69) is 64.2 Å². The monoisotopic (exact) mass is 376 g/mol. The number of nitrogens with one attached hydrogen (secondary N) is 2. The Labute approximate surface area is 166 Å². The Kier molecular flexibility index (Phi) is 5.33. The maximum absolute atomic E-state index is 12.6. The normalized spacial score (nSPS) is 17.6. The fourth-order valence-corrected chi connectivity index (χ4v) is 3.96. The second kappa shape index (κ2) is 8.05. The maximum atomic E-state index is 12.6. The average Bonchev–Trinajstić information content (AvgIpc) is 3.55. The molecule has 1 aliphatic carbocycles. The molecule has 2 N–H and O–H groups in total. The first-order valence-corrected chi connectivity index (χ1v) is 10.0. The molecule has 1 heterocycles. The van der Waals surface area contributed by atoms with Crippen LogP contribution in [0.1, 0.15) is 29.5 Å². The second-order valence-corrected chi connectivity index (χ2v) is 7.76. The zero-order valence-corrected chi connectivity index (χ0v) is 16.4. The van der Waals surface area contributed by atoms with Crippen LogP contribution in [-0.2, 0) is 23.2 Å². The summed E-state index contributed by atoms with van der Waals surface area (Å²) in [6.45, 7) is 2.57. The van der Waals surface area contributed by atoms with Gasteiger partial charge in [-0.15, -0.1) is 0 Å². The minimum atomic E-state index is 0.113. The number of amides is 1. The van der Waals surface area contributed by atoms with Crippen molar-refractivity contribution in [2.75, 3.05) is 26.7 Å². The Hall–Kier alpha value is -2.82. The van der Waals surface area contributed by atoms with Crippen LogP contribution in [0.15, 0.2) is 59.6 Å². The Morgan fingerprint density at radius 1 is 1.04 bits per heavy atom. The Bertz CT molecular complexity index is 858. The first-order chi connectivity index (χ1) is 13.7. The van der Waals surface area contributed by atoms with Crippen LogP contribution in [0.5, 0.6) is 0 Å². The number of nitrogens with zero attached hydrogens (tertiary/aromatic N) is 2. The summed E-state index contributed by atoms with van der Waals surface area (Å²) in [5.74, 6) is 0.801. The van der Waals surface area contributed by atoms with Crippen LogP contribution in [0.2, 0.25) is 0 Å². The van der Waals surface area contributed by atoms with Crippen LogP contribution in [-0.4, -0.2) is 43.4 Å². The first-order valence-electron chi connectivity index (χ1n) is 10.0. The minimum Gasteiger partial charge on any atom is -0.356 e. The van der Waals surface area contributed by atoms with Crippen LogP contribution >= 0.6 is 0 Å². The molecule has 2 aromatic rings. The molecule has 4 rings (SSSR count). The fraction of sp³-hybridized carbons (Fsp3) is 0.391. The van der Waals surface area contributed by atoms with Crippen LogP contribution in [0.4, 0.5) is 0 Å². The van der Waals surface area contributed by atoms with E-state index in [9.17, 15) is 4.79 Å². The van der Waals surface area contributed by atoms with E-state index in [-0.39, 0.29) is 17.9 Å². The molecule has 146 valence electrons. The molecule has 0 aromatic heterocycles. The van der Waals surface area contributed by atoms with Crippen LogP contribution in [0.3, 0.4) is 0 Å². The van der Waals surface area contributed by atoms with Gasteiger partial charge in [-0.25, -0.2) is 0 Å². The number of rotatable bonds is 5. The van der Waals surface area contributed by atoms with Gasteiger partial charge in [-0.2, -0.15) is 0 Å². The number of benzene rings is 2. The number of hydrogen-bond acceptors (Lipinski definition) is 2. The van der Waals surface area contributed by atoms with Crippen molar-refractivity contribution >= 4 is 11.9 Å². The third-order valence-corrected chi connectivity index (χ3v) is 5.95. The Morgan fingerprint density at radius 3 is 2.46 bits per heavy atom. The van der Waals surface area contributed by atoms with Gasteiger partial charge in [-0.05, 0) is 36.0 Å². The molecule has 0 spiro atoms. The van der Waals surface area contributed by atoms with E-state index in [1.165, 1.54) is 29.5 Å². The minimum absolute atomic E-state index is 0.113. The third kappa shape index (κ3) is 4.03. The smallest absolute Gasteiger partial charge is 0.242 e. The second-order valence-electron chi connectivity index (χ2n) is 7.76. The number of carbonyl (C=O) groups is 1. The van der Waals surface area contributed by atoms with Crippen LogP contribution < -0.4 is 10.6 Å². The van der Waals surface area contributed by atoms with E-state index in [0.717, 1.165) is 19.5 Å². The number of aliphatic imine (C=N–C) groups is 1. The van der Waals surface area contributed by atoms with Gasteiger partial charge in [0, 0.05) is 32.1 Å². The standard InChI is InChI=1S/C23H28N4O/c1-24-22(26-17-23(12-13-23)20-9-3-2-4-10-20)25-15-21(28)27-14-11-18-7-5-6-8-19(18)16-27/h2-10H,11-17H2,1H3,(H2,24,25,26). The maximum Gasteiger partial charge on any atom is 0.242 e. The highest BCUT2D eigenvalue weighted by atomic mass is 16.2. The van der Waals surface area contributed by atoms with Gasteiger partial charge < -0.3 is 15.5 Å². The van der Waals surface area contributed by atoms with Gasteiger partial charge in [0.25, 0.3) is 0 Å². The van der Waals surface area contributed by atoms with Crippen LogP contribution in [0, 0.1) is 0 Å². The van der Waals surface area contributed by atoms with E-state index in [1.807, 2.05) is 11.0 Å². The molecule has 5 nitrogen and oxygen atoms in total. The number of hydrogen-bond donors (Lipinski definition) is 2. The third-order valence-electron chi connectivity index (χ3n) is 5.95. The van der Waals surface area contributed by atoms with Crippen molar-refractivity contribution in [3.8, 4) is 0 Å². The zero-order chi connectivity index (χ0) is 19.4. The summed E-state index contributed by atoms with van der Waals surface area (Å²) in [5, 5.41) is 6.60. The quantitative estimate of drug-likeness (QED) is 0.623. The van der Waals surface area contributed by atoms with Crippen LogP contribution in [0.25, 0.3) is 0 Å². The van der Waals surface area contributed by atoms with E-state index in [4.69, 9.17) is 0 Å². The SMILES string of the molecule is CN=C(NCC(=O)N1CCc2ccccc2C1)NCC1(c2ccccc2)CC1. The Morgan fingerprint density at radius 2 is 1.75 bits per heavy atom. The van der Waals surface area contributed by atoms with Crippen molar-refractivity contribution in [1.29, 1.82) is 0 Å². The van der Waals surface area contributed by atoms with Crippen molar-refractivity contribution in [3.05, 3.63) is 71.3 Å². The van der Waals surface area contributed by atoms with Crippen molar-refractivity contribution in [2.45, 2.75) is 31.2 Å². The van der Waals surface area contributed by atoms with Gasteiger partial charge in [0.15, 0.2) is 5.96 Å². The lowest BCUT2D eigenvalue weighted by Gasteiger charge is -2.29. The average molecular weight is 377 g/mol. The first kappa shape index (κ1) is 18.5. The molecule has 0 atom stereocenters. The highest BCUT2D eigenvalue weighted by Gasteiger charge is 2.44. The van der Waals surface area contributed by atoms with Gasteiger partial charge >= 0.3 is 0 Å². The number of guanidine groups is 1. The molecule has 0 saturated heterocycles. The molecule has 5 heteroatoms. The van der Waals surface area contributed by atoms with Gasteiger partial charge in [0.1, 0.15) is 0 Å². The van der Waals surface area contributed by atoms with Gasteiger partial charge in [-0.3, -0.25) is 9.79 Å². The Balaban J connectivity index is 1.27. The van der Waals surface area contributed by atoms with Crippen molar-refractivity contribution in [3.63, 3.8) is 0 Å². The van der Waals surface area contributed by atoms with Crippen molar-refractivity contribution in [1.82, 2.24) is 15.5 Å². The molecule has 0 bridgehead atoms. The molecule has 1 saturated carbocycles. The molecule has 28 heavy (non-hydrogen) atoms. The molecule has 1 fully saturated rings. The van der Waals surface area contributed by atoms with Gasteiger partial charge in [0.2, 0.25) is 5.91 Å². The van der Waals surface area contributed by atoms with Crippen molar-refractivity contribution in [2.24, 2.45) is 4.99 Å². The summed E-state index contributed by atoms with van der Waals surface area (Å²) >= 11 is 0. The van der Waals surface area contributed by atoms with E-state index >= 15 is 0 Å². The predicted octanol–water partition coefficient (Wildman–Crippen LogP) is 2.47. The van der Waals surface area contributed by atoms with E-state index < -0.39 is 0 Å². The van der Waals surface area contributed by atoms with E-state index in [1.54, 1.807) is 7.05 Å². The summed E-state index contributed by atoms with van der Waals surface area (Å²) in [4.78, 5) is 18.9. The zero-order valence-electron chi connectivity index (χ0n) is 16.4. The largest absolute Gasteiger partial charge is 0.356 e. The summed E-state index contributed by atoms with van der Waals surface area (Å²) < 4.78 is 0. The van der Waals surface area contributed by atoms with E-state index in [0.29, 0.717) is 12.5 Å². The molecular formula is C23H28N4O. The highest BCUT2D eigenvalue weighted by Crippen LogP contribution is 2.47. The lowest BCUT2D eigenvalue weighted by molar-refractivity contribution is -0.130. The molecule has 2 aromatic carbocycles. The molecule has 0 radical (unpaired) electrons. The van der Waals surface area contributed by atoms with Gasteiger partial charge in [0.05, 0.1) is 6.54 Å². The summed E-state index contributed by atoms with van der Waals surface area (Å²) in [5.41, 5.74) is 4.19. The lowest BCUT2D eigenvalue weighted by atomic mass is 9.96. The predicted molar refractivity (Wildman–Crippen MR) is 112 cm³/mol. The fourth-order valence-electron chi connectivity index (χ4n) is 3.96. The number of carbonyl (C=O) groups excluding carboxylic acids is 1. The summed E-state index contributed by atoms with van der Waals surface area (Å²) in [6.07, 6.45) is 3.30. The molecule has 1 aliphatic heterocycles. The lowest BCUT2D eigenvalue weighted by Crippen LogP contribution is -2.47. The topological polar surface area (TPSA) is 56.7 Å². The molecular weight excluding hydrogens is 348 g/mol. The molecule has 0 unspecified atom stereocenters. The molecule has 1 amide bonds. The summed E-state index contributed by atoms with van der Waals surface area (Å²) in [6, 6.07) is 19.0. The number of fused-ring (bicyclic) bond motifs is 1. The van der Waals surface area contributed by atoms with Gasteiger partial charge in [-0.1, -0.05) is 54.6 Å². The highest BCUT2D eigenvalue weighted by molar-refractivity contribution is 5.86. The molecule has 2 aliphatic rings.